The Morgan fingerprint density at radius 1 is 1.08 bits per heavy atom. The molecule has 0 amide bonds. The molecule has 0 N–H and O–H groups in total. The van der Waals surface area contributed by atoms with Gasteiger partial charge in [0.25, 0.3) is 0 Å². The van der Waals surface area contributed by atoms with E-state index in [1.165, 1.54) is 0 Å². The maximum absolute atomic E-state index is 5.04. The molecule has 1 heterocycles. The van der Waals surface area contributed by atoms with Gasteiger partial charge in [-0.15, -0.1) is 5.10 Å². The first-order valence-corrected chi connectivity index (χ1v) is 3.99. The highest BCUT2D eigenvalue weighted by Crippen LogP contribution is 2.06. The van der Waals surface area contributed by atoms with Crippen molar-refractivity contribution in [2.75, 3.05) is 0 Å². The Morgan fingerprint density at radius 2 is 1.83 bits per heavy atom. The molecule has 0 aliphatic carbocycles. The van der Waals surface area contributed by atoms with Crippen LogP contribution >= 0.6 is 12.2 Å². The summed E-state index contributed by atoms with van der Waals surface area (Å²) >= 11 is 5.04. The normalized spacial score (nSPS) is 15.0. The van der Waals surface area contributed by atoms with E-state index in [0.29, 0.717) is 4.86 Å². The summed E-state index contributed by atoms with van der Waals surface area (Å²) in [5.74, 6) is 0. The summed E-state index contributed by atoms with van der Waals surface area (Å²) in [7, 11) is 0. The molecule has 0 spiro atoms. The second-order valence-corrected chi connectivity index (χ2v) is 2.86. The smallest absolute Gasteiger partial charge is 0.113 e. The van der Waals surface area contributed by atoms with Gasteiger partial charge in [0.2, 0.25) is 0 Å². The minimum atomic E-state index is 0.709. The lowest BCUT2D eigenvalue weighted by Crippen LogP contribution is -2.09. The minimum absolute atomic E-state index is 0.709. The van der Waals surface area contributed by atoms with Crippen LogP contribution in [0.5, 0.6) is 0 Å². The van der Waals surface area contributed by atoms with Crippen molar-refractivity contribution >= 4 is 29.0 Å². The fourth-order valence-electron chi connectivity index (χ4n) is 1.05. The quantitative estimate of drug-likeness (QED) is 0.596. The average molecular weight is 174 g/mol. The lowest BCUT2D eigenvalue weighted by Gasteiger charge is -1.96. The Hall–Kier alpha value is -1.35. The maximum atomic E-state index is 5.04. The van der Waals surface area contributed by atoms with E-state index in [1.807, 2.05) is 30.3 Å². The van der Waals surface area contributed by atoms with E-state index in [4.69, 9.17) is 12.2 Å². The van der Waals surface area contributed by atoms with Crippen LogP contribution in [-0.2, 0) is 0 Å². The van der Waals surface area contributed by atoms with Crippen molar-refractivity contribution in [3.05, 3.63) is 35.9 Å². The third kappa shape index (κ3) is 1.19. The second-order valence-electron chi connectivity index (χ2n) is 2.42. The summed E-state index contributed by atoms with van der Waals surface area (Å²) in [5.41, 5.74) is 1.82. The van der Waals surface area contributed by atoms with Crippen molar-refractivity contribution in [1.29, 1.82) is 0 Å². The van der Waals surface area contributed by atoms with Crippen molar-refractivity contribution < 1.29 is 0 Å². The summed E-state index contributed by atoms with van der Waals surface area (Å²) in [6.07, 6.45) is 1.59. The zero-order chi connectivity index (χ0) is 8.39. The van der Waals surface area contributed by atoms with Crippen LogP contribution in [0.1, 0.15) is 5.56 Å². The molecule has 0 saturated carbocycles. The zero-order valence-electron chi connectivity index (χ0n) is 6.27. The van der Waals surface area contributed by atoms with Gasteiger partial charge in [-0.25, -0.2) is 0 Å². The molecule has 0 unspecified atom stereocenters. The fraction of sp³-hybridized carbons (Fsp3) is 0. The van der Waals surface area contributed by atoms with Gasteiger partial charge in [0, 0.05) is 5.56 Å². The van der Waals surface area contributed by atoms with Gasteiger partial charge in [-0.1, -0.05) is 42.5 Å². The summed E-state index contributed by atoms with van der Waals surface area (Å²) < 4.78 is 0. The van der Waals surface area contributed by atoms with E-state index in [9.17, 15) is 0 Å². The predicted octanol–water partition coefficient (Wildman–Crippen LogP) is 1.84. The maximum Gasteiger partial charge on any atom is 0.113 e. The number of thiocarbonyl (C=S) groups is 1. The number of nitrogens with zero attached hydrogens (tertiary/aromatic N) is 2. The molecule has 0 atom stereocenters. The fourth-order valence-corrected chi connectivity index (χ4v) is 1.25. The number of benzene rings is 1. The zero-order valence-corrected chi connectivity index (χ0v) is 7.08. The van der Waals surface area contributed by atoms with Crippen molar-refractivity contribution in [2.45, 2.75) is 0 Å². The molecular weight excluding hydrogens is 168 g/mol. The lowest BCUT2D eigenvalue weighted by atomic mass is 10.1. The highest BCUT2D eigenvalue weighted by atomic mass is 32.1. The third-order valence-corrected chi connectivity index (χ3v) is 1.91. The van der Waals surface area contributed by atoms with E-state index in [0.717, 1.165) is 11.3 Å². The predicted molar refractivity (Wildman–Crippen MR) is 54.1 cm³/mol. The van der Waals surface area contributed by atoms with Gasteiger partial charge in [-0.2, -0.15) is 5.10 Å². The summed E-state index contributed by atoms with van der Waals surface area (Å²) in [4.78, 5) is 0.709. The molecule has 0 fully saturated rings. The molecule has 2 nitrogen and oxygen atoms in total. The molecule has 1 aromatic rings. The van der Waals surface area contributed by atoms with E-state index in [1.54, 1.807) is 6.21 Å². The van der Waals surface area contributed by atoms with Gasteiger partial charge >= 0.3 is 0 Å². The third-order valence-electron chi connectivity index (χ3n) is 1.61. The SMILES string of the molecule is S=C1C=NN=C1c1ccccc1. The van der Waals surface area contributed by atoms with E-state index in [-0.39, 0.29) is 0 Å². The van der Waals surface area contributed by atoms with Crippen molar-refractivity contribution in [1.82, 2.24) is 0 Å². The van der Waals surface area contributed by atoms with Crippen LogP contribution in [0.3, 0.4) is 0 Å². The van der Waals surface area contributed by atoms with Crippen LogP contribution in [-0.4, -0.2) is 16.8 Å². The first-order valence-electron chi connectivity index (χ1n) is 3.59. The van der Waals surface area contributed by atoms with Gasteiger partial charge in [-0.05, 0) is 0 Å². The molecule has 0 radical (unpaired) electrons. The molecule has 1 aliphatic heterocycles. The molecule has 0 saturated heterocycles. The van der Waals surface area contributed by atoms with Gasteiger partial charge in [0.1, 0.15) is 5.71 Å². The average Bonchev–Trinajstić information content (AvgIpc) is 2.53. The van der Waals surface area contributed by atoms with Crippen LogP contribution in [0.4, 0.5) is 0 Å². The first kappa shape index (κ1) is 7.31. The number of rotatable bonds is 1. The molecule has 58 valence electrons. The van der Waals surface area contributed by atoms with Crippen LogP contribution in [0.15, 0.2) is 40.5 Å². The monoisotopic (exact) mass is 174 g/mol. The molecular formula is C9H6N2S. The Kier molecular flexibility index (Phi) is 1.80. The summed E-state index contributed by atoms with van der Waals surface area (Å²) in [6, 6.07) is 9.82. The molecule has 0 bridgehead atoms. The Balaban J connectivity index is 2.40. The van der Waals surface area contributed by atoms with Gasteiger partial charge in [0.15, 0.2) is 0 Å². The Morgan fingerprint density at radius 3 is 2.42 bits per heavy atom. The number of hydrogen-bond donors (Lipinski definition) is 0. The standard InChI is InChI=1S/C9H6N2S/c12-8-6-10-11-9(8)7-4-2-1-3-5-7/h1-6H. The van der Waals surface area contributed by atoms with Crippen LogP contribution in [0.25, 0.3) is 0 Å². The largest absolute Gasteiger partial charge is 0.157 e. The second kappa shape index (κ2) is 2.95. The van der Waals surface area contributed by atoms with Crippen LogP contribution in [0.2, 0.25) is 0 Å². The Labute approximate surface area is 75.6 Å². The van der Waals surface area contributed by atoms with Gasteiger partial charge in [0.05, 0.1) is 11.1 Å². The first-order chi connectivity index (χ1) is 5.88. The van der Waals surface area contributed by atoms with E-state index in [2.05, 4.69) is 10.2 Å². The lowest BCUT2D eigenvalue weighted by molar-refractivity contribution is 1.28. The van der Waals surface area contributed by atoms with Crippen molar-refractivity contribution in [2.24, 2.45) is 10.2 Å². The molecule has 3 heteroatoms. The van der Waals surface area contributed by atoms with Gasteiger partial charge in [-0.3, -0.25) is 0 Å². The highest BCUT2D eigenvalue weighted by molar-refractivity contribution is 7.84. The minimum Gasteiger partial charge on any atom is -0.157 e. The molecule has 12 heavy (non-hydrogen) atoms. The Bertz CT molecular complexity index is 365. The highest BCUT2D eigenvalue weighted by Gasteiger charge is 2.11. The van der Waals surface area contributed by atoms with Gasteiger partial charge < -0.3 is 0 Å². The van der Waals surface area contributed by atoms with Crippen LogP contribution < -0.4 is 0 Å². The van der Waals surface area contributed by atoms with Crippen molar-refractivity contribution in [3.63, 3.8) is 0 Å². The van der Waals surface area contributed by atoms with Crippen molar-refractivity contribution in [3.8, 4) is 0 Å². The molecule has 0 aromatic heterocycles. The molecule has 1 aromatic carbocycles. The summed E-state index contributed by atoms with van der Waals surface area (Å²) in [6.45, 7) is 0. The topological polar surface area (TPSA) is 24.7 Å². The number of hydrogen-bond acceptors (Lipinski definition) is 3. The molecule has 1 aliphatic rings. The van der Waals surface area contributed by atoms with E-state index < -0.39 is 0 Å². The van der Waals surface area contributed by atoms with Crippen LogP contribution in [0, 0.1) is 0 Å². The summed E-state index contributed by atoms with van der Waals surface area (Å²) in [5, 5.41) is 7.68. The van der Waals surface area contributed by atoms with E-state index >= 15 is 0 Å². The molecule has 2 rings (SSSR count).